The van der Waals surface area contributed by atoms with E-state index in [1.54, 1.807) is 42.5 Å². The summed E-state index contributed by atoms with van der Waals surface area (Å²) in [5.74, 6) is -1.97. The van der Waals surface area contributed by atoms with Gasteiger partial charge < -0.3 is 15.4 Å². The molecule has 1 saturated heterocycles. The fourth-order valence-electron chi connectivity index (χ4n) is 3.85. The van der Waals surface area contributed by atoms with E-state index in [9.17, 15) is 22.8 Å². The number of esters is 1. The molecule has 9 nitrogen and oxygen atoms in total. The number of ether oxygens (including phenoxy) is 1. The third kappa shape index (κ3) is 5.45. The molecule has 1 fully saturated rings. The minimum Gasteiger partial charge on any atom is -0.439 e. The monoisotopic (exact) mass is 507 g/mol. The van der Waals surface area contributed by atoms with Crippen LogP contribution in [0.2, 0.25) is 0 Å². The van der Waals surface area contributed by atoms with Crippen molar-refractivity contribution in [1.29, 1.82) is 0 Å². The second-order valence-electron chi connectivity index (χ2n) is 8.54. The van der Waals surface area contributed by atoms with Crippen molar-refractivity contribution in [3.05, 3.63) is 89.3 Å². The molecule has 186 valence electrons. The summed E-state index contributed by atoms with van der Waals surface area (Å²) in [5, 5.41) is 7.59. The van der Waals surface area contributed by atoms with Crippen molar-refractivity contribution < 1.29 is 27.5 Å². The van der Waals surface area contributed by atoms with Crippen LogP contribution in [0.15, 0.2) is 78.2 Å². The molecule has 0 aliphatic carbocycles. The first-order chi connectivity index (χ1) is 17.1. The SMILES string of the molecule is CC(=O)O[C@@H]1NC(=O)[C@H]1NC(=O)[C@](C)(NS(=O)(=O)C=Cc1ccccc1)c1ccc2ccccc2c1. The summed E-state index contributed by atoms with van der Waals surface area (Å²) >= 11 is 0. The fraction of sp³-hybridized carbons (Fsp3) is 0.192. The van der Waals surface area contributed by atoms with Crippen molar-refractivity contribution in [1.82, 2.24) is 15.4 Å². The number of benzene rings is 3. The normalized spacial score (nSPS) is 19.2. The zero-order chi connectivity index (χ0) is 25.9. The van der Waals surface area contributed by atoms with Gasteiger partial charge in [-0.05, 0) is 41.0 Å². The first-order valence-electron chi connectivity index (χ1n) is 11.1. The number of nitrogens with one attached hydrogen (secondary N) is 3. The number of hydrogen-bond donors (Lipinski definition) is 3. The molecule has 1 aliphatic heterocycles. The standard InChI is InChI=1S/C26H25N3O6S/c1-17(30)35-24-22(23(31)28-24)27-25(32)26(2,21-13-12-19-10-6-7-11-20(19)16-21)29-36(33,34)15-14-18-8-4-3-5-9-18/h3-16,22,24,29H,1-2H3,(H,27,32)(H,28,31)/t22-,24+,26-/m1/s1. The molecule has 3 aromatic rings. The van der Waals surface area contributed by atoms with Crippen LogP contribution in [0.3, 0.4) is 0 Å². The van der Waals surface area contributed by atoms with E-state index in [2.05, 4.69) is 15.4 Å². The Morgan fingerprint density at radius 1 is 1.00 bits per heavy atom. The quantitative estimate of drug-likeness (QED) is 0.316. The molecule has 10 heteroatoms. The van der Waals surface area contributed by atoms with Gasteiger partial charge in [-0.15, -0.1) is 0 Å². The predicted molar refractivity (Wildman–Crippen MR) is 134 cm³/mol. The number of fused-ring (bicyclic) bond motifs is 1. The maximum atomic E-state index is 13.6. The third-order valence-electron chi connectivity index (χ3n) is 5.82. The Morgan fingerprint density at radius 3 is 2.33 bits per heavy atom. The smallest absolute Gasteiger partial charge is 0.304 e. The Labute approximate surface area is 208 Å². The molecule has 3 atom stereocenters. The van der Waals surface area contributed by atoms with Crippen LogP contribution in [0.5, 0.6) is 0 Å². The van der Waals surface area contributed by atoms with Crippen LogP contribution in [0.25, 0.3) is 16.8 Å². The van der Waals surface area contributed by atoms with Crippen molar-refractivity contribution >= 4 is 44.7 Å². The molecule has 1 aliphatic rings. The van der Waals surface area contributed by atoms with Gasteiger partial charge in [-0.25, -0.2) is 8.42 Å². The molecule has 36 heavy (non-hydrogen) atoms. The Morgan fingerprint density at radius 2 is 1.67 bits per heavy atom. The summed E-state index contributed by atoms with van der Waals surface area (Å²) < 4.78 is 33.6. The average molecular weight is 508 g/mol. The highest BCUT2D eigenvalue weighted by molar-refractivity contribution is 7.92. The van der Waals surface area contributed by atoms with Crippen LogP contribution in [0.1, 0.15) is 25.0 Å². The molecule has 1 heterocycles. The second kappa shape index (κ2) is 9.92. The van der Waals surface area contributed by atoms with Gasteiger partial charge in [0, 0.05) is 12.3 Å². The van der Waals surface area contributed by atoms with Crippen molar-refractivity contribution in [3.63, 3.8) is 0 Å². The molecule has 3 N–H and O–H groups in total. The summed E-state index contributed by atoms with van der Waals surface area (Å²) in [7, 11) is -4.13. The highest BCUT2D eigenvalue weighted by Crippen LogP contribution is 2.27. The molecule has 0 unspecified atom stereocenters. The van der Waals surface area contributed by atoms with E-state index in [0.717, 1.165) is 16.2 Å². The summed E-state index contributed by atoms with van der Waals surface area (Å²) in [6, 6.07) is 20.3. The highest BCUT2D eigenvalue weighted by atomic mass is 32.2. The third-order valence-corrected chi connectivity index (χ3v) is 7.00. The number of β-lactam (4-membered cyclic amide) rings is 1. The summed E-state index contributed by atoms with van der Waals surface area (Å²) in [4.78, 5) is 36.9. The van der Waals surface area contributed by atoms with Gasteiger partial charge in [-0.3, -0.25) is 14.4 Å². The molecule has 0 bridgehead atoms. The molecular weight excluding hydrogens is 482 g/mol. The Kier molecular flexibility index (Phi) is 6.91. The van der Waals surface area contributed by atoms with Gasteiger partial charge >= 0.3 is 5.97 Å². The van der Waals surface area contributed by atoms with E-state index < -0.39 is 45.6 Å². The lowest BCUT2D eigenvalue weighted by atomic mass is 9.89. The van der Waals surface area contributed by atoms with Crippen molar-refractivity contribution in [2.45, 2.75) is 31.7 Å². The average Bonchev–Trinajstić information content (AvgIpc) is 2.85. The van der Waals surface area contributed by atoms with Crippen LogP contribution in [0, 0.1) is 0 Å². The molecule has 2 amide bonds. The minimum atomic E-state index is -4.13. The zero-order valence-corrected chi connectivity index (χ0v) is 20.4. The molecule has 3 aromatic carbocycles. The summed E-state index contributed by atoms with van der Waals surface area (Å²) in [6.07, 6.45) is 0.367. The van der Waals surface area contributed by atoms with E-state index in [1.165, 1.54) is 19.9 Å². The van der Waals surface area contributed by atoms with Crippen LogP contribution < -0.4 is 15.4 Å². The summed E-state index contributed by atoms with van der Waals surface area (Å²) in [6.45, 7) is 2.59. The lowest BCUT2D eigenvalue weighted by Gasteiger charge is -2.38. The van der Waals surface area contributed by atoms with E-state index in [-0.39, 0.29) is 0 Å². The van der Waals surface area contributed by atoms with E-state index in [4.69, 9.17) is 4.74 Å². The number of carbonyl (C=O) groups is 3. The first kappa shape index (κ1) is 25.1. The maximum Gasteiger partial charge on any atom is 0.304 e. The van der Waals surface area contributed by atoms with Crippen LogP contribution >= 0.6 is 0 Å². The van der Waals surface area contributed by atoms with Gasteiger partial charge in [0.2, 0.25) is 22.2 Å². The highest BCUT2D eigenvalue weighted by Gasteiger charge is 2.47. The van der Waals surface area contributed by atoms with Gasteiger partial charge in [0.15, 0.2) is 6.04 Å². The minimum absolute atomic E-state index is 0.360. The maximum absolute atomic E-state index is 13.6. The molecular formula is C26H25N3O6S. The number of rotatable bonds is 8. The topological polar surface area (TPSA) is 131 Å². The predicted octanol–water partition coefficient (Wildman–Crippen LogP) is 2.15. The lowest BCUT2D eigenvalue weighted by Crippen LogP contribution is -2.72. The largest absolute Gasteiger partial charge is 0.439 e. The van der Waals surface area contributed by atoms with Crippen molar-refractivity contribution in [2.75, 3.05) is 0 Å². The number of hydrogen-bond acceptors (Lipinski definition) is 6. The first-order valence-corrected chi connectivity index (χ1v) is 12.7. The van der Waals surface area contributed by atoms with E-state index in [1.807, 2.05) is 30.3 Å². The Hall–Kier alpha value is -4.02. The van der Waals surface area contributed by atoms with Crippen LogP contribution in [-0.4, -0.2) is 38.5 Å². The molecule has 4 rings (SSSR count). The number of amides is 2. The van der Waals surface area contributed by atoms with Gasteiger partial charge in [-0.1, -0.05) is 66.7 Å². The van der Waals surface area contributed by atoms with Gasteiger partial charge in [0.05, 0.1) is 0 Å². The van der Waals surface area contributed by atoms with Gasteiger partial charge in [0.1, 0.15) is 5.54 Å². The molecule has 0 aromatic heterocycles. The van der Waals surface area contributed by atoms with Crippen molar-refractivity contribution in [3.8, 4) is 0 Å². The van der Waals surface area contributed by atoms with Crippen LogP contribution in [-0.2, 0) is 34.7 Å². The van der Waals surface area contributed by atoms with Gasteiger partial charge in [-0.2, -0.15) is 4.72 Å². The van der Waals surface area contributed by atoms with E-state index in [0.29, 0.717) is 11.1 Å². The van der Waals surface area contributed by atoms with Crippen molar-refractivity contribution in [2.24, 2.45) is 0 Å². The van der Waals surface area contributed by atoms with E-state index >= 15 is 0 Å². The summed E-state index contributed by atoms with van der Waals surface area (Å²) in [5.41, 5.74) is -0.783. The zero-order valence-electron chi connectivity index (χ0n) is 19.6. The molecule has 0 spiro atoms. The molecule has 0 saturated carbocycles. The lowest BCUT2D eigenvalue weighted by molar-refractivity contribution is -0.164. The Bertz CT molecular complexity index is 1450. The molecule has 0 radical (unpaired) electrons. The van der Waals surface area contributed by atoms with Gasteiger partial charge in [0.25, 0.3) is 5.91 Å². The second-order valence-corrected chi connectivity index (χ2v) is 10.1. The number of carbonyl (C=O) groups excluding carboxylic acids is 3. The number of sulfonamides is 1. The fourth-order valence-corrected chi connectivity index (χ4v) is 5.03. The Balaban J connectivity index is 1.68. The van der Waals surface area contributed by atoms with Crippen LogP contribution in [0.4, 0.5) is 0 Å².